The van der Waals surface area contributed by atoms with Crippen molar-refractivity contribution in [3.05, 3.63) is 29.5 Å². The van der Waals surface area contributed by atoms with Crippen molar-refractivity contribution >= 4 is 52.1 Å². The molecule has 3 heterocycles. The summed E-state index contributed by atoms with van der Waals surface area (Å²) < 4.78 is 29.4. The highest BCUT2D eigenvalue weighted by atomic mass is 35.5. The standard InChI is InChI=1S/C46H61ClN4O10/c1-6-8-9-10-11-30-22-46(30,44(55)56)23-37(52)36-20-32(24-51(36)43(54)27(7-2)19-40(53)61-31-17-28-16-29(28)18-31)60-39-21-34(35-25-59-45(50-35)48-26(3)4)49-42-33(39)12-13-38(41(42)47)58-15-14-57-5/h12-13,21,25-32,36H,6-11,14-20,22-24H2,1-5H3,(H,48,50)(H,55,56)/t27-,28-,29+,30-,31?,32-,36+,46-/m1/s1. The molecule has 332 valence electrons. The molecule has 1 amide bonds. The number of amides is 1. The maximum Gasteiger partial charge on any atom is 0.310 e. The summed E-state index contributed by atoms with van der Waals surface area (Å²) in [5.41, 5.74) is 0.0657. The number of benzene rings is 1. The van der Waals surface area contributed by atoms with Gasteiger partial charge in [0.25, 0.3) is 6.01 Å². The minimum atomic E-state index is -1.15. The summed E-state index contributed by atoms with van der Waals surface area (Å²) in [5.74, 6) is -0.776. The normalized spacial score (nSPS) is 25.7. The average Bonchev–Trinajstić information content (AvgIpc) is 3.88. The Bertz CT molecular complexity index is 2060. The highest BCUT2D eigenvalue weighted by molar-refractivity contribution is 6.36. The number of unbranched alkanes of at least 4 members (excludes halogenated alkanes) is 3. The molecule has 7 rings (SSSR count). The monoisotopic (exact) mass is 864 g/mol. The lowest BCUT2D eigenvalue weighted by atomic mass is 9.90. The number of carbonyl (C=O) groups is 4. The molecule has 4 fully saturated rings. The van der Waals surface area contributed by atoms with Crippen LogP contribution in [0.15, 0.2) is 28.9 Å². The predicted octanol–water partition coefficient (Wildman–Crippen LogP) is 8.52. The summed E-state index contributed by atoms with van der Waals surface area (Å²) in [7, 11) is 1.58. The van der Waals surface area contributed by atoms with Gasteiger partial charge in [-0.3, -0.25) is 19.2 Å². The summed E-state index contributed by atoms with van der Waals surface area (Å²) in [6.07, 6.45) is 9.15. The van der Waals surface area contributed by atoms with Gasteiger partial charge in [-0.2, -0.15) is 4.98 Å². The van der Waals surface area contributed by atoms with Crippen LogP contribution in [-0.4, -0.2) is 94.8 Å². The number of Topliss-reactive ketones (excluding diaryl/α,β-unsaturated/α-hetero) is 1. The summed E-state index contributed by atoms with van der Waals surface area (Å²) in [6, 6.07) is 4.69. The molecule has 0 bridgehead atoms. The van der Waals surface area contributed by atoms with Crippen LogP contribution in [0, 0.1) is 29.1 Å². The van der Waals surface area contributed by atoms with Gasteiger partial charge in [-0.15, -0.1) is 0 Å². The van der Waals surface area contributed by atoms with E-state index in [2.05, 4.69) is 17.2 Å². The molecule has 14 nitrogen and oxygen atoms in total. The Balaban J connectivity index is 1.17. The van der Waals surface area contributed by atoms with Crippen LogP contribution in [-0.2, 0) is 28.7 Å². The largest absolute Gasteiger partial charge is 0.490 e. The third-order valence-corrected chi connectivity index (χ3v) is 13.5. The molecule has 3 aromatic rings. The number of hydrogen-bond donors (Lipinski definition) is 2. The van der Waals surface area contributed by atoms with Crippen molar-refractivity contribution in [3.63, 3.8) is 0 Å². The molecule has 1 unspecified atom stereocenters. The summed E-state index contributed by atoms with van der Waals surface area (Å²) in [4.78, 5) is 66.0. The zero-order valence-corrected chi connectivity index (χ0v) is 36.8. The van der Waals surface area contributed by atoms with Crippen molar-refractivity contribution in [3.8, 4) is 22.9 Å². The van der Waals surface area contributed by atoms with Gasteiger partial charge < -0.3 is 38.7 Å². The quantitative estimate of drug-likeness (QED) is 0.0685. The molecule has 4 aliphatic rings. The maximum absolute atomic E-state index is 14.5. The third kappa shape index (κ3) is 10.3. The first-order valence-corrected chi connectivity index (χ1v) is 22.6. The number of pyridine rings is 1. The number of carboxylic acids is 1. The molecule has 8 atom stereocenters. The van der Waals surface area contributed by atoms with Crippen molar-refractivity contribution in [2.24, 2.45) is 29.1 Å². The number of carbonyl (C=O) groups excluding carboxylic acids is 3. The summed E-state index contributed by atoms with van der Waals surface area (Å²) >= 11 is 6.96. The Hall–Kier alpha value is -4.43. The molecule has 1 saturated heterocycles. The van der Waals surface area contributed by atoms with Gasteiger partial charge in [-0.05, 0) is 82.3 Å². The van der Waals surface area contributed by atoms with Gasteiger partial charge in [0, 0.05) is 43.4 Å². The van der Waals surface area contributed by atoms with Gasteiger partial charge in [0.05, 0.1) is 42.2 Å². The lowest BCUT2D eigenvalue weighted by Gasteiger charge is -2.28. The molecule has 0 radical (unpaired) electrons. The van der Waals surface area contributed by atoms with Crippen LogP contribution in [0.25, 0.3) is 22.3 Å². The van der Waals surface area contributed by atoms with Crippen LogP contribution in [0.4, 0.5) is 6.01 Å². The summed E-state index contributed by atoms with van der Waals surface area (Å²) in [5, 5.41) is 14.4. The van der Waals surface area contributed by atoms with Gasteiger partial charge in [0.15, 0.2) is 5.78 Å². The van der Waals surface area contributed by atoms with E-state index in [0.29, 0.717) is 71.1 Å². The van der Waals surface area contributed by atoms with Crippen molar-refractivity contribution in [1.29, 1.82) is 0 Å². The van der Waals surface area contributed by atoms with Crippen LogP contribution in [0.5, 0.6) is 11.5 Å². The van der Waals surface area contributed by atoms with E-state index in [0.717, 1.165) is 44.9 Å². The number of carboxylic acid groups (broad SMARTS) is 1. The number of rotatable bonds is 23. The molecule has 3 aliphatic carbocycles. The van der Waals surface area contributed by atoms with Crippen LogP contribution in [0.2, 0.25) is 5.02 Å². The Labute approximate surface area is 362 Å². The Kier molecular flexibility index (Phi) is 14.1. The number of ketones is 1. The molecular weight excluding hydrogens is 804 g/mol. The highest BCUT2D eigenvalue weighted by Gasteiger charge is 2.61. The zero-order valence-electron chi connectivity index (χ0n) is 36.1. The number of aromatic nitrogens is 2. The number of anilines is 1. The number of ether oxygens (including phenoxy) is 4. The van der Waals surface area contributed by atoms with E-state index in [1.807, 2.05) is 20.8 Å². The van der Waals surface area contributed by atoms with Crippen LogP contribution < -0.4 is 14.8 Å². The van der Waals surface area contributed by atoms with Crippen LogP contribution in [0.3, 0.4) is 0 Å². The van der Waals surface area contributed by atoms with E-state index in [1.54, 1.807) is 25.3 Å². The molecule has 2 N–H and O–H groups in total. The molecule has 15 heteroatoms. The number of hydrogen-bond acceptors (Lipinski definition) is 12. The fraction of sp³-hybridized carbons (Fsp3) is 0.652. The molecule has 0 spiro atoms. The van der Waals surface area contributed by atoms with E-state index in [-0.39, 0.29) is 67.2 Å². The number of esters is 1. The van der Waals surface area contributed by atoms with Gasteiger partial charge in [0.1, 0.15) is 47.3 Å². The molecule has 1 aromatic carbocycles. The summed E-state index contributed by atoms with van der Waals surface area (Å²) in [6.45, 7) is 8.58. The Morgan fingerprint density at radius 3 is 2.49 bits per heavy atom. The number of fused-ring (bicyclic) bond motifs is 2. The highest BCUT2D eigenvalue weighted by Crippen LogP contribution is 2.58. The minimum absolute atomic E-state index is 0.0464. The fourth-order valence-corrected chi connectivity index (χ4v) is 9.75. The number of methoxy groups -OCH3 is 1. The number of aliphatic carboxylic acids is 1. The SMILES string of the molecule is CCCCCC[C@@H]1C[C@]1(CC(=O)[C@@H]1C[C@@H](Oc2cc(-c3coc(NC(C)C)n3)nc3c(Cl)c(OCCOC)ccc23)CN1C(=O)[C@H](CC)CC(=O)OC1C[C@@H]2C[C@@H]2C1)C(=O)O. The van der Waals surface area contributed by atoms with Crippen molar-refractivity contribution < 1.29 is 47.6 Å². The maximum atomic E-state index is 14.5. The number of halogens is 1. The van der Waals surface area contributed by atoms with E-state index in [1.165, 1.54) is 17.6 Å². The molecule has 2 aromatic heterocycles. The number of likely N-dealkylation sites (tertiary alicyclic amines) is 1. The molecule has 3 saturated carbocycles. The molecule has 61 heavy (non-hydrogen) atoms. The molecule has 1 aliphatic heterocycles. The average molecular weight is 865 g/mol. The van der Waals surface area contributed by atoms with E-state index in [9.17, 15) is 24.3 Å². The first-order chi connectivity index (χ1) is 29.3. The lowest BCUT2D eigenvalue weighted by Crippen LogP contribution is -2.45. The fourth-order valence-electron chi connectivity index (χ4n) is 9.49. The third-order valence-electron chi connectivity index (χ3n) is 13.1. The zero-order chi connectivity index (χ0) is 43.4. The second-order valence-electron chi connectivity index (χ2n) is 17.9. The number of nitrogens with one attached hydrogen (secondary N) is 1. The van der Waals surface area contributed by atoms with E-state index in [4.69, 9.17) is 39.9 Å². The van der Waals surface area contributed by atoms with E-state index >= 15 is 0 Å². The Morgan fingerprint density at radius 2 is 1.79 bits per heavy atom. The van der Waals surface area contributed by atoms with Gasteiger partial charge in [-0.25, -0.2) is 4.98 Å². The van der Waals surface area contributed by atoms with Gasteiger partial charge >= 0.3 is 11.9 Å². The van der Waals surface area contributed by atoms with Gasteiger partial charge in [-0.1, -0.05) is 51.1 Å². The van der Waals surface area contributed by atoms with Crippen LogP contribution in [0.1, 0.15) is 111 Å². The second kappa shape index (κ2) is 19.3. The number of oxazole rings is 1. The second-order valence-corrected chi connectivity index (χ2v) is 18.3. The van der Waals surface area contributed by atoms with E-state index < -0.39 is 35.4 Å². The smallest absolute Gasteiger partial charge is 0.310 e. The van der Waals surface area contributed by atoms with Crippen molar-refractivity contribution in [2.75, 3.05) is 32.2 Å². The first-order valence-electron chi connectivity index (χ1n) is 22.2. The first kappa shape index (κ1) is 44.6. The topological polar surface area (TPSA) is 180 Å². The number of nitrogens with zero attached hydrogens (tertiary/aromatic N) is 3. The minimum Gasteiger partial charge on any atom is -0.490 e. The Morgan fingerprint density at radius 1 is 1.00 bits per heavy atom. The van der Waals surface area contributed by atoms with Gasteiger partial charge in [0.2, 0.25) is 5.91 Å². The van der Waals surface area contributed by atoms with Crippen molar-refractivity contribution in [2.45, 2.75) is 135 Å². The van der Waals surface area contributed by atoms with Crippen molar-refractivity contribution in [1.82, 2.24) is 14.9 Å². The predicted molar refractivity (Wildman–Crippen MR) is 229 cm³/mol. The molecular formula is C46H61ClN4O10. The lowest BCUT2D eigenvalue weighted by molar-refractivity contribution is -0.154. The van der Waals surface area contributed by atoms with Crippen LogP contribution >= 0.6 is 11.6 Å².